The molecule has 0 amide bonds. The Kier molecular flexibility index (Phi) is 2.98. The van der Waals surface area contributed by atoms with Gasteiger partial charge >= 0.3 is 0 Å². The number of benzene rings is 1. The molecule has 3 rings (SSSR count). The molecule has 0 aliphatic rings. The number of nitrogens with two attached hydrogens (primary N) is 1. The van der Waals surface area contributed by atoms with E-state index in [1.807, 2.05) is 30.3 Å². The predicted octanol–water partition coefficient (Wildman–Crippen LogP) is 2.79. The summed E-state index contributed by atoms with van der Waals surface area (Å²) >= 11 is 0. The van der Waals surface area contributed by atoms with Gasteiger partial charge in [-0.15, -0.1) is 0 Å². The second kappa shape index (κ2) is 4.94. The highest BCUT2D eigenvalue weighted by Gasteiger charge is 2.02. The zero-order valence-corrected chi connectivity index (χ0v) is 10.3. The fourth-order valence-electron chi connectivity index (χ4n) is 1.90. The minimum absolute atomic E-state index is 0.407. The molecule has 4 heteroatoms. The maximum atomic E-state index is 5.73. The van der Waals surface area contributed by atoms with Crippen molar-refractivity contribution >= 4 is 16.7 Å². The third kappa shape index (κ3) is 2.47. The smallest absolute Gasteiger partial charge is 0.166 e. The van der Waals surface area contributed by atoms with Gasteiger partial charge in [0.25, 0.3) is 0 Å². The SMILES string of the molecule is Nc1ncccc1OCc1ccc2ncccc2c1. The zero-order valence-electron chi connectivity index (χ0n) is 10.3. The number of anilines is 1. The zero-order chi connectivity index (χ0) is 13.1. The highest BCUT2D eigenvalue weighted by atomic mass is 16.5. The lowest BCUT2D eigenvalue weighted by atomic mass is 10.1. The van der Waals surface area contributed by atoms with Crippen molar-refractivity contribution in [2.45, 2.75) is 6.61 Å². The van der Waals surface area contributed by atoms with Crippen LogP contribution in [0.15, 0.2) is 54.9 Å². The molecule has 19 heavy (non-hydrogen) atoms. The van der Waals surface area contributed by atoms with Gasteiger partial charge in [-0.2, -0.15) is 0 Å². The van der Waals surface area contributed by atoms with Crippen molar-refractivity contribution in [2.75, 3.05) is 5.73 Å². The summed E-state index contributed by atoms with van der Waals surface area (Å²) in [6.45, 7) is 0.459. The van der Waals surface area contributed by atoms with Crippen LogP contribution in [-0.4, -0.2) is 9.97 Å². The summed E-state index contributed by atoms with van der Waals surface area (Å²) in [5.74, 6) is 1.01. The fraction of sp³-hybridized carbons (Fsp3) is 0.0667. The third-order valence-electron chi connectivity index (χ3n) is 2.86. The number of ether oxygens (including phenoxy) is 1. The summed E-state index contributed by atoms with van der Waals surface area (Å²) in [6.07, 6.45) is 3.43. The van der Waals surface area contributed by atoms with Crippen molar-refractivity contribution < 1.29 is 4.74 Å². The van der Waals surface area contributed by atoms with Crippen molar-refractivity contribution in [2.24, 2.45) is 0 Å². The molecule has 0 radical (unpaired) electrons. The number of nitrogens with zero attached hydrogens (tertiary/aromatic N) is 2. The molecule has 0 atom stereocenters. The maximum absolute atomic E-state index is 5.73. The topological polar surface area (TPSA) is 61.0 Å². The van der Waals surface area contributed by atoms with E-state index in [2.05, 4.69) is 16.0 Å². The molecular formula is C15H13N3O. The van der Waals surface area contributed by atoms with Gasteiger partial charge in [-0.05, 0) is 35.9 Å². The van der Waals surface area contributed by atoms with Crippen LogP contribution in [0.1, 0.15) is 5.56 Å². The summed E-state index contributed by atoms with van der Waals surface area (Å²) in [7, 11) is 0. The Balaban J connectivity index is 1.80. The lowest BCUT2D eigenvalue weighted by Crippen LogP contribution is -2.00. The Labute approximate surface area is 110 Å². The van der Waals surface area contributed by atoms with Gasteiger partial charge in [0.15, 0.2) is 11.6 Å². The van der Waals surface area contributed by atoms with Crippen LogP contribution >= 0.6 is 0 Å². The molecule has 0 saturated heterocycles. The Hall–Kier alpha value is -2.62. The first kappa shape index (κ1) is 11.5. The van der Waals surface area contributed by atoms with Crippen LogP contribution in [0.5, 0.6) is 5.75 Å². The van der Waals surface area contributed by atoms with Crippen LogP contribution < -0.4 is 10.5 Å². The van der Waals surface area contributed by atoms with E-state index >= 15 is 0 Å². The molecule has 0 aliphatic carbocycles. The van der Waals surface area contributed by atoms with Gasteiger partial charge in [-0.3, -0.25) is 4.98 Å². The van der Waals surface area contributed by atoms with Gasteiger partial charge < -0.3 is 10.5 Å². The molecule has 0 aliphatic heterocycles. The fourth-order valence-corrected chi connectivity index (χ4v) is 1.90. The molecule has 0 unspecified atom stereocenters. The quantitative estimate of drug-likeness (QED) is 0.777. The van der Waals surface area contributed by atoms with Crippen LogP contribution in [0.2, 0.25) is 0 Å². The van der Waals surface area contributed by atoms with E-state index in [4.69, 9.17) is 10.5 Å². The first-order valence-electron chi connectivity index (χ1n) is 6.00. The number of hydrogen-bond acceptors (Lipinski definition) is 4. The highest BCUT2D eigenvalue weighted by molar-refractivity contribution is 5.78. The second-order valence-electron chi connectivity index (χ2n) is 4.21. The number of pyridine rings is 2. The summed E-state index contributed by atoms with van der Waals surface area (Å²) < 4.78 is 5.66. The standard InChI is InChI=1S/C15H13N3O/c16-15-14(4-2-8-18-15)19-10-11-5-6-13-12(9-11)3-1-7-17-13/h1-9H,10H2,(H2,16,18). The average molecular weight is 251 g/mol. The van der Waals surface area contributed by atoms with Gasteiger partial charge in [0.05, 0.1) is 5.52 Å². The van der Waals surface area contributed by atoms with Crippen LogP contribution in [0.3, 0.4) is 0 Å². The van der Waals surface area contributed by atoms with E-state index in [9.17, 15) is 0 Å². The van der Waals surface area contributed by atoms with E-state index in [1.54, 1.807) is 18.5 Å². The number of fused-ring (bicyclic) bond motifs is 1. The van der Waals surface area contributed by atoms with Gasteiger partial charge in [0.1, 0.15) is 6.61 Å². The van der Waals surface area contributed by atoms with Crippen molar-refractivity contribution in [3.8, 4) is 5.75 Å². The first-order valence-corrected chi connectivity index (χ1v) is 6.00. The second-order valence-corrected chi connectivity index (χ2v) is 4.21. The number of hydrogen-bond donors (Lipinski definition) is 1. The van der Waals surface area contributed by atoms with E-state index in [-0.39, 0.29) is 0 Å². The Morgan fingerprint density at radius 1 is 1.00 bits per heavy atom. The van der Waals surface area contributed by atoms with Crippen LogP contribution in [-0.2, 0) is 6.61 Å². The van der Waals surface area contributed by atoms with Crippen LogP contribution in [0, 0.1) is 0 Å². The molecule has 1 aromatic carbocycles. The van der Waals surface area contributed by atoms with Gasteiger partial charge in [0.2, 0.25) is 0 Å². The average Bonchev–Trinajstić information content (AvgIpc) is 2.46. The number of rotatable bonds is 3. The summed E-state index contributed by atoms with van der Waals surface area (Å²) in [6, 6.07) is 13.6. The largest absolute Gasteiger partial charge is 0.485 e. The number of aromatic nitrogens is 2. The minimum atomic E-state index is 0.407. The van der Waals surface area contributed by atoms with Gasteiger partial charge in [-0.25, -0.2) is 4.98 Å². The van der Waals surface area contributed by atoms with Crippen molar-refractivity contribution in [3.63, 3.8) is 0 Å². The molecule has 3 aromatic rings. The van der Waals surface area contributed by atoms with Crippen molar-refractivity contribution in [3.05, 3.63) is 60.4 Å². The molecule has 4 nitrogen and oxygen atoms in total. The van der Waals surface area contributed by atoms with Crippen LogP contribution in [0.25, 0.3) is 10.9 Å². The Morgan fingerprint density at radius 2 is 1.84 bits per heavy atom. The van der Waals surface area contributed by atoms with Crippen molar-refractivity contribution in [1.82, 2.24) is 9.97 Å². The Morgan fingerprint density at radius 3 is 2.74 bits per heavy atom. The highest BCUT2D eigenvalue weighted by Crippen LogP contribution is 2.20. The molecule has 2 aromatic heterocycles. The first-order chi connectivity index (χ1) is 9.33. The molecular weight excluding hydrogens is 238 g/mol. The van der Waals surface area contributed by atoms with Crippen LogP contribution in [0.4, 0.5) is 5.82 Å². The van der Waals surface area contributed by atoms with Gasteiger partial charge in [0, 0.05) is 17.8 Å². The molecule has 2 heterocycles. The van der Waals surface area contributed by atoms with Crippen molar-refractivity contribution in [1.29, 1.82) is 0 Å². The predicted molar refractivity (Wildman–Crippen MR) is 74.7 cm³/mol. The molecule has 94 valence electrons. The molecule has 0 spiro atoms. The molecule has 0 bridgehead atoms. The normalized spacial score (nSPS) is 10.5. The van der Waals surface area contributed by atoms with E-state index in [0.717, 1.165) is 16.5 Å². The summed E-state index contributed by atoms with van der Waals surface area (Å²) in [4.78, 5) is 8.27. The lowest BCUT2D eigenvalue weighted by molar-refractivity contribution is 0.307. The van der Waals surface area contributed by atoms with Gasteiger partial charge in [-0.1, -0.05) is 12.1 Å². The minimum Gasteiger partial charge on any atom is -0.485 e. The lowest BCUT2D eigenvalue weighted by Gasteiger charge is -2.08. The van der Waals surface area contributed by atoms with E-state index in [0.29, 0.717) is 18.2 Å². The molecule has 0 saturated carbocycles. The molecule has 2 N–H and O–H groups in total. The Bertz CT molecular complexity index is 712. The summed E-state index contributed by atoms with van der Waals surface area (Å²) in [5.41, 5.74) is 7.78. The van der Waals surface area contributed by atoms with E-state index < -0.39 is 0 Å². The maximum Gasteiger partial charge on any atom is 0.166 e. The third-order valence-corrected chi connectivity index (χ3v) is 2.86. The van der Waals surface area contributed by atoms with E-state index in [1.165, 1.54) is 0 Å². The number of nitrogen functional groups attached to an aromatic ring is 1. The monoisotopic (exact) mass is 251 g/mol. The molecule has 0 fully saturated rings. The summed E-state index contributed by atoms with van der Waals surface area (Å²) in [5, 5.41) is 1.10.